The van der Waals surface area contributed by atoms with Gasteiger partial charge in [-0.1, -0.05) is 11.6 Å². The van der Waals surface area contributed by atoms with Gasteiger partial charge in [0.15, 0.2) is 0 Å². The van der Waals surface area contributed by atoms with Crippen LogP contribution >= 0.6 is 0 Å². The number of pyridine rings is 1. The normalized spacial score (nSPS) is 15.2. The van der Waals surface area contributed by atoms with Gasteiger partial charge in [0.25, 0.3) is 0 Å². The van der Waals surface area contributed by atoms with Crippen LogP contribution in [0, 0.1) is 13.8 Å². The molecule has 1 aliphatic rings. The summed E-state index contributed by atoms with van der Waals surface area (Å²) in [6, 6.07) is 8.19. The van der Waals surface area contributed by atoms with Gasteiger partial charge in [0.05, 0.1) is 5.52 Å². The molecule has 18 heavy (non-hydrogen) atoms. The molecule has 1 aliphatic heterocycles. The number of urea groups is 1. The van der Waals surface area contributed by atoms with Gasteiger partial charge < -0.3 is 5.32 Å². The number of hydrogen-bond donors (Lipinski definition) is 1. The number of benzene rings is 1. The van der Waals surface area contributed by atoms with Gasteiger partial charge in [0.1, 0.15) is 5.82 Å². The molecule has 0 aliphatic carbocycles. The molecule has 0 spiro atoms. The summed E-state index contributed by atoms with van der Waals surface area (Å²) < 4.78 is 0. The highest BCUT2D eigenvalue weighted by molar-refractivity contribution is 5.95. The first-order valence-corrected chi connectivity index (χ1v) is 6.08. The summed E-state index contributed by atoms with van der Waals surface area (Å²) in [5.41, 5.74) is 3.18. The van der Waals surface area contributed by atoms with Crippen molar-refractivity contribution in [3.8, 4) is 0 Å². The number of hydrogen-bond acceptors (Lipinski definition) is 2. The maximum atomic E-state index is 11.7. The van der Waals surface area contributed by atoms with Crippen LogP contribution in [0.1, 0.15) is 11.1 Å². The Labute approximate surface area is 106 Å². The number of fused-ring (bicyclic) bond motifs is 1. The third-order valence-electron chi connectivity index (χ3n) is 3.25. The van der Waals surface area contributed by atoms with Gasteiger partial charge in [0, 0.05) is 18.5 Å². The van der Waals surface area contributed by atoms with Gasteiger partial charge in [0.2, 0.25) is 0 Å². The van der Waals surface area contributed by atoms with Crippen LogP contribution in [0.4, 0.5) is 10.6 Å². The third kappa shape index (κ3) is 1.70. The van der Waals surface area contributed by atoms with Crippen LogP contribution in [0.2, 0.25) is 0 Å². The maximum absolute atomic E-state index is 11.7. The number of aromatic nitrogens is 1. The summed E-state index contributed by atoms with van der Waals surface area (Å²) in [4.78, 5) is 18.0. The fourth-order valence-electron chi connectivity index (χ4n) is 2.34. The van der Waals surface area contributed by atoms with E-state index >= 15 is 0 Å². The molecule has 0 unspecified atom stereocenters. The highest BCUT2D eigenvalue weighted by Gasteiger charge is 2.23. The van der Waals surface area contributed by atoms with Gasteiger partial charge in [-0.2, -0.15) is 0 Å². The van der Waals surface area contributed by atoms with Crippen LogP contribution in [0.15, 0.2) is 24.3 Å². The van der Waals surface area contributed by atoms with E-state index in [-0.39, 0.29) is 6.03 Å². The minimum absolute atomic E-state index is 0.0583. The highest BCUT2D eigenvalue weighted by Crippen LogP contribution is 2.24. The summed E-state index contributed by atoms with van der Waals surface area (Å²) in [7, 11) is 0. The molecule has 0 radical (unpaired) electrons. The first-order valence-electron chi connectivity index (χ1n) is 6.08. The van der Waals surface area contributed by atoms with Crippen molar-refractivity contribution in [2.75, 3.05) is 18.0 Å². The van der Waals surface area contributed by atoms with Crippen molar-refractivity contribution in [1.29, 1.82) is 0 Å². The summed E-state index contributed by atoms with van der Waals surface area (Å²) in [5, 5.41) is 3.92. The van der Waals surface area contributed by atoms with E-state index < -0.39 is 0 Å². The standard InChI is InChI=1S/C14H15N3O/c1-9-3-4-12-11(7-9)8-10(2)13(16-12)17-6-5-15-14(17)18/h3-4,7-8H,5-6H2,1-2H3,(H,15,18). The average Bonchev–Trinajstić information content (AvgIpc) is 2.74. The van der Waals surface area contributed by atoms with Crippen molar-refractivity contribution < 1.29 is 4.79 Å². The minimum Gasteiger partial charge on any atom is -0.336 e. The molecule has 0 atom stereocenters. The van der Waals surface area contributed by atoms with Crippen molar-refractivity contribution >= 4 is 22.8 Å². The molecular weight excluding hydrogens is 226 g/mol. The molecule has 2 heterocycles. The number of rotatable bonds is 1. The van der Waals surface area contributed by atoms with Crippen LogP contribution in [0.5, 0.6) is 0 Å². The van der Waals surface area contributed by atoms with E-state index in [0.717, 1.165) is 22.3 Å². The molecule has 1 fully saturated rings. The number of carbonyl (C=O) groups excluding carboxylic acids is 1. The Morgan fingerprint density at radius 2 is 2.11 bits per heavy atom. The zero-order valence-electron chi connectivity index (χ0n) is 10.5. The van der Waals surface area contributed by atoms with Crippen LogP contribution in [0.3, 0.4) is 0 Å². The van der Waals surface area contributed by atoms with E-state index in [4.69, 9.17) is 0 Å². The second-order valence-corrected chi connectivity index (χ2v) is 4.71. The van der Waals surface area contributed by atoms with Crippen molar-refractivity contribution in [2.45, 2.75) is 13.8 Å². The molecular formula is C14H15N3O. The third-order valence-corrected chi connectivity index (χ3v) is 3.25. The summed E-state index contributed by atoms with van der Waals surface area (Å²) >= 11 is 0. The molecule has 1 saturated heterocycles. The van der Waals surface area contributed by atoms with Gasteiger partial charge in [-0.25, -0.2) is 9.78 Å². The van der Waals surface area contributed by atoms with Gasteiger partial charge in [-0.3, -0.25) is 4.90 Å². The molecule has 1 aromatic heterocycles. The first-order chi connectivity index (χ1) is 8.65. The van der Waals surface area contributed by atoms with Gasteiger partial charge in [-0.15, -0.1) is 0 Å². The van der Waals surface area contributed by atoms with Crippen LogP contribution < -0.4 is 10.2 Å². The molecule has 1 N–H and O–H groups in total. The monoisotopic (exact) mass is 241 g/mol. The molecule has 0 bridgehead atoms. The second kappa shape index (κ2) is 3.98. The fraction of sp³-hybridized carbons (Fsp3) is 0.286. The largest absolute Gasteiger partial charge is 0.336 e. The second-order valence-electron chi connectivity index (χ2n) is 4.71. The number of nitrogens with one attached hydrogen (secondary N) is 1. The lowest BCUT2D eigenvalue weighted by Gasteiger charge is -2.16. The number of carbonyl (C=O) groups is 1. The van der Waals surface area contributed by atoms with E-state index in [1.54, 1.807) is 4.90 Å². The molecule has 3 rings (SSSR count). The Hall–Kier alpha value is -2.10. The quantitative estimate of drug-likeness (QED) is 0.833. The SMILES string of the molecule is Cc1ccc2nc(N3CCNC3=O)c(C)cc2c1. The molecule has 4 nitrogen and oxygen atoms in total. The Balaban J connectivity index is 2.15. The smallest absolute Gasteiger partial charge is 0.323 e. The molecule has 4 heteroatoms. The van der Waals surface area contributed by atoms with Crippen LogP contribution in [-0.4, -0.2) is 24.1 Å². The Bertz CT molecular complexity index is 636. The summed E-state index contributed by atoms with van der Waals surface area (Å²) in [5.74, 6) is 0.765. The van der Waals surface area contributed by atoms with Gasteiger partial charge in [-0.05, 0) is 37.6 Å². The average molecular weight is 241 g/mol. The van der Waals surface area contributed by atoms with E-state index in [1.807, 2.05) is 19.1 Å². The number of nitrogens with zero attached hydrogens (tertiary/aromatic N) is 2. The minimum atomic E-state index is -0.0583. The lowest BCUT2D eigenvalue weighted by Crippen LogP contribution is -2.29. The number of amides is 2. The van der Waals surface area contributed by atoms with E-state index in [1.165, 1.54) is 5.56 Å². The van der Waals surface area contributed by atoms with Gasteiger partial charge >= 0.3 is 6.03 Å². The fourth-order valence-corrected chi connectivity index (χ4v) is 2.34. The number of aryl methyl sites for hydroxylation is 2. The highest BCUT2D eigenvalue weighted by atomic mass is 16.2. The topological polar surface area (TPSA) is 45.2 Å². The van der Waals surface area contributed by atoms with Crippen LogP contribution in [0.25, 0.3) is 10.9 Å². The lowest BCUT2D eigenvalue weighted by atomic mass is 10.1. The van der Waals surface area contributed by atoms with Crippen molar-refractivity contribution in [2.24, 2.45) is 0 Å². The molecule has 0 saturated carbocycles. The predicted octanol–water partition coefficient (Wildman–Crippen LogP) is 2.38. The van der Waals surface area contributed by atoms with Crippen LogP contribution in [-0.2, 0) is 0 Å². The van der Waals surface area contributed by atoms with E-state index in [2.05, 4.69) is 29.4 Å². The molecule has 2 amide bonds. The molecule has 2 aromatic rings. The molecule has 92 valence electrons. The van der Waals surface area contributed by atoms with Crippen molar-refractivity contribution in [3.63, 3.8) is 0 Å². The lowest BCUT2D eigenvalue weighted by molar-refractivity contribution is 0.252. The first kappa shape index (κ1) is 11.0. The zero-order chi connectivity index (χ0) is 12.7. The summed E-state index contributed by atoms with van der Waals surface area (Å²) in [6.07, 6.45) is 0. The molecule has 1 aromatic carbocycles. The zero-order valence-corrected chi connectivity index (χ0v) is 10.5. The number of anilines is 1. The Kier molecular flexibility index (Phi) is 2.44. The Morgan fingerprint density at radius 1 is 1.28 bits per heavy atom. The summed E-state index contributed by atoms with van der Waals surface area (Å²) in [6.45, 7) is 5.43. The van der Waals surface area contributed by atoms with E-state index in [9.17, 15) is 4.79 Å². The van der Waals surface area contributed by atoms with Crippen molar-refractivity contribution in [1.82, 2.24) is 10.3 Å². The Morgan fingerprint density at radius 3 is 2.83 bits per heavy atom. The predicted molar refractivity (Wildman–Crippen MR) is 72.0 cm³/mol. The van der Waals surface area contributed by atoms with E-state index in [0.29, 0.717) is 13.1 Å². The van der Waals surface area contributed by atoms with Crippen molar-refractivity contribution in [3.05, 3.63) is 35.4 Å². The maximum Gasteiger partial charge on any atom is 0.323 e.